The summed E-state index contributed by atoms with van der Waals surface area (Å²) in [7, 11) is 0. The van der Waals surface area contributed by atoms with Gasteiger partial charge in [-0.15, -0.1) is 0 Å². The zero-order valence-corrected chi connectivity index (χ0v) is 12.5. The fourth-order valence-corrected chi connectivity index (χ4v) is 1.92. The monoisotopic (exact) mass is 277 g/mol. The smallest absolute Gasteiger partial charge is 0.164 e. The molecule has 2 heterocycles. The molecule has 0 aliphatic rings. The average molecular weight is 277 g/mol. The van der Waals surface area contributed by atoms with Crippen LogP contribution in [0.3, 0.4) is 0 Å². The molecule has 0 spiro atoms. The van der Waals surface area contributed by atoms with Crippen LogP contribution in [0, 0.1) is 5.92 Å². The molecule has 110 valence electrons. The highest BCUT2D eigenvalue weighted by atomic mass is 15.4. The first-order valence-electron chi connectivity index (χ1n) is 7.14. The van der Waals surface area contributed by atoms with E-state index in [-0.39, 0.29) is 0 Å². The highest BCUT2D eigenvalue weighted by molar-refractivity contribution is 4.88. The van der Waals surface area contributed by atoms with Gasteiger partial charge in [0.2, 0.25) is 0 Å². The van der Waals surface area contributed by atoms with Crippen LogP contribution >= 0.6 is 0 Å². The predicted octanol–water partition coefficient (Wildman–Crippen LogP) is 1.07. The van der Waals surface area contributed by atoms with Crippen LogP contribution in [-0.4, -0.2) is 36.1 Å². The Labute approximate surface area is 119 Å². The molecule has 0 aliphatic heterocycles. The van der Waals surface area contributed by atoms with Crippen LogP contribution in [-0.2, 0) is 19.6 Å². The normalized spacial score (nSPS) is 11.4. The summed E-state index contributed by atoms with van der Waals surface area (Å²) in [6.07, 6.45) is 4.45. The molecule has 7 heteroatoms. The molecule has 2 aromatic rings. The standard InChI is InChI=1S/C13H23N7/c1-4-5-14-6-12-16-10-19(18-12)8-13-15-9-17-20(13)7-11(2)3/h9-11,14H,4-8H2,1-3H3. The fraction of sp³-hybridized carbons (Fsp3) is 0.692. The van der Waals surface area contributed by atoms with Crippen molar-refractivity contribution >= 4 is 0 Å². The lowest BCUT2D eigenvalue weighted by atomic mass is 10.2. The molecule has 0 aliphatic carbocycles. The van der Waals surface area contributed by atoms with E-state index in [2.05, 4.69) is 46.3 Å². The quantitative estimate of drug-likeness (QED) is 0.731. The molecule has 0 amide bonds. The maximum atomic E-state index is 4.44. The van der Waals surface area contributed by atoms with E-state index in [0.717, 1.165) is 31.2 Å². The lowest BCUT2D eigenvalue weighted by Gasteiger charge is -2.08. The largest absolute Gasteiger partial charge is 0.310 e. The van der Waals surface area contributed by atoms with Crippen molar-refractivity contribution in [1.82, 2.24) is 34.8 Å². The molecule has 0 saturated carbocycles. The topological polar surface area (TPSA) is 73.5 Å². The molecule has 20 heavy (non-hydrogen) atoms. The Morgan fingerprint density at radius 2 is 2.15 bits per heavy atom. The summed E-state index contributed by atoms with van der Waals surface area (Å²) in [5.74, 6) is 2.27. The van der Waals surface area contributed by atoms with Gasteiger partial charge in [0, 0.05) is 6.54 Å². The molecule has 0 unspecified atom stereocenters. The zero-order valence-electron chi connectivity index (χ0n) is 12.5. The second kappa shape index (κ2) is 7.14. The summed E-state index contributed by atoms with van der Waals surface area (Å²) in [5, 5.41) is 12.0. The van der Waals surface area contributed by atoms with E-state index >= 15 is 0 Å². The molecule has 1 N–H and O–H groups in total. The summed E-state index contributed by atoms with van der Waals surface area (Å²) < 4.78 is 3.74. The van der Waals surface area contributed by atoms with Crippen molar-refractivity contribution in [2.75, 3.05) is 6.54 Å². The minimum absolute atomic E-state index is 0.542. The molecule has 0 fully saturated rings. The SMILES string of the molecule is CCCNCc1ncn(Cc2ncnn2CC(C)C)n1. The molecule has 0 bridgehead atoms. The Balaban J connectivity index is 1.94. The lowest BCUT2D eigenvalue weighted by molar-refractivity contribution is 0.455. The third-order valence-electron chi connectivity index (χ3n) is 2.83. The molecule has 2 aromatic heterocycles. The zero-order chi connectivity index (χ0) is 14.4. The Morgan fingerprint density at radius 1 is 1.30 bits per heavy atom. The van der Waals surface area contributed by atoms with Gasteiger partial charge in [-0.3, -0.25) is 0 Å². The van der Waals surface area contributed by atoms with E-state index < -0.39 is 0 Å². The van der Waals surface area contributed by atoms with Crippen LogP contribution in [0.1, 0.15) is 38.8 Å². The fourth-order valence-electron chi connectivity index (χ4n) is 1.92. The van der Waals surface area contributed by atoms with E-state index in [1.165, 1.54) is 0 Å². The van der Waals surface area contributed by atoms with Crippen LogP contribution < -0.4 is 5.32 Å². The number of aromatic nitrogens is 6. The Kier molecular flexibility index (Phi) is 5.23. The van der Waals surface area contributed by atoms with Crippen LogP contribution in [0.5, 0.6) is 0 Å². The second-order valence-electron chi connectivity index (χ2n) is 5.29. The van der Waals surface area contributed by atoms with E-state index in [4.69, 9.17) is 0 Å². The summed E-state index contributed by atoms with van der Waals surface area (Å²) in [6.45, 7) is 9.64. The minimum Gasteiger partial charge on any atom is -0.310 e. The van der Waals surface area contributed by atoms with Crippen LogP contribution in [0.2, 0.25) is 0 Å². The number of hydrogen-bond donors (Lipinski definition) is 1. The van der Waals surface area contributed by atoms with E-state index in [1.807, 2.05) is 9.36 Å². The molecule has 0 radical (unpaired) electrons. The Morgan fingerprint density at radius 3 is 2.90 bits per heavy atom. The minimum atomic E-state index is 0.542. The Bertz CT molecular complexity index is 514. The summed E-state index contributed by atoms with van der Waals surface area (Å²) in [6, 6.07) is 0. The van der Waals surface area contributed by atoms with Crippen molar-refractivity contribution in [1.29, 1.82) is 0 Å². The first kappa shape index (κ1) is 14.6. The van der Waals surface area contributed by atoms with Gasteiger partial charge in [-0.05, 0) is 18.9 Å². The summed E-state index contributed by atoms with van der Waals surface area (Å²) >= 11 is 0. The molecular formula is C13H23N7. The third-order valence-corrected chi connectivity index (χ3v) is 2.83. The number of nitrogens with one attached hydrogen (secondary N) is 1. The van der Waals surface area contributed by atoms with Gasteiger partial charge in [-0.25, -0.2) is 19.3 Å². The van der Waals surface area contributed by atoms with Gasteiger partial charge in [0.1, 0.15) is 25.0 Å². The van der Waals surface area contributed by atoms with Gasteiger partial charge in [-0.2, -0.15) is 10.2 Å². The highest BCUT2D eigenvalue weighted by Gasteiger charge is 2.08. The van der Waals surface area contributed by atoms with Crippen molar-refractivity contribution in [3.63, 3.8) is 0 Å². The summed E-state index contributed by atoms with van der Waals surface area (Å²) in [5.41, 5.74) is 0. The van der Waals surface area contributed by atoms with Gasteiger partial charge in [0.25, 0.3) is 0 Å². The van der Waals surface area contributed by atoms with Gasteiger partial charge in [0.15, 0.2) is 5.82 Å². The van der Waals surface area contributed by atoms with Gasteiger partial charge < -0.3 is 5.32 Å². The van der Waals surface area contributed by atoms with E-state index in [9.17, 15) is 0 Å². The first-order chi connectivity index (χ1) is 9.69. The van der Waals surface area contributed by atoms with Crippen LogP contribution in [0.25, 0.3) is 0 Å². The lowest BCUT2D eigenvalue weighted by Crippen LogP contribution is -2.16. The molecule has 0 aromatic carbocycles. The van der Waals surface area contributed by atoms with Crippen molar-refractivity contribution < 1.29 is 0 Å². The van der Waals surface area contributed by atoms with Crippen molar-refractivity contribution in [2.45, 2.75) is 46.8 Å². The van der Waals surface area contributed by atoms with Crippen LogP contribution in [0.4, 0.5) is 0 Å². The number of rotatable bonds is 8. The highest BCUT2D eigenvalue weighted by Crippen LogP contribution is 2.03. The molecular weight excluding hydrogens is 254 g/mol. The molecule has 2 rings (SSSR count). The van der Waals surface area contributed by atoms with Crippen molar-refractivity contribution in [3.8, 4) is 0 Å². The predicted molar refractivity (Wildman–Crippen MR) is 76.0 cm³/mol. The third kappa shape index (κ3) is 4.12. The van der Waals surface area contributed by atoms with Gasteiger partial charge in [0.05, 0.1) is 6.54 Å². The van der Waals surface area contributed by atoms with Gasteiger partial charge in [-0.1, -0.05) is 20.8 Å². The summed E-state index contributed by atoms with van der Waals surface area (Å²) in [4.78, 5) is 8.59. The molecule has 0 atom stereocenters. The first-order valence-corrected chi connectivity index (χ1v) is 7.14. The van der Waals surface area contributed by atoms with Crippen molar-refractivity contribution in [2.24, 2.45) is 5.92 Å². The molecule has 0 saturated heterocycles. The molecule has 7 nitrogen and oxygen atoms in total. The number of hydrogen-bond acceptors (Lipinski definition) is 5. The van der Waals surface area contributed by atoms with Crippen molar-refractivity contribution in [3.05, 3.63) is 24.3 Å². The van der Waals surface area contributed by atoms with E-state index in [1.54, 1.807) is 12.7 Å². The van der Waals surface area contributed by atoms with E-state index in [0.29, 0.717) is 19.0 Å². The number of nitrogens with zero attached hydrogens (tertiary/aromatic N) is 6. The Hall–Kier alpha value is -1.76. The second-order valence-corrected chi connectivity index (χ2v) is 5.29. The van der Waals surface area contributed by atoms with Gasteiger partial charge >= 0.3 is 0 Å². The maximum Gasteiger partial charge on any atom is 0.164 e. The average Bonchev–Trinajstić information content (AvgIpc) is 3.00. The maximum absolute atomic E-state index is 4.44. The van der Waals surface area contributed by atoms with Crippen LogP contribution in [0.15, 0.2) is 12.7 Å².